The molecule has 0 aliphatic heterocycles. The van der Waals surface area contributed by atoms with E-state index in [1.165, 1.54) is 0 Å². The fraction of sp³-hybridized carbons (Fsp3) is 1.00. The third-order valence-electron chi connectivity index (χ3n) is 3.48. The van der Waals surface area contributed by atoms with Gasteiger partial charge in [-0.1, -0.05) is 6.92 Å². The van der Waals surface area contributed by atoms with E-state index in [0.29, 0.717) is 5.92 Å². The first-order valence-corrected chi connectivity index (χ1v) is 4.08. The first-order valence-electron chi connectivity index (χ1n) is 4.08. The zero-order valence-electron chi connectivity index (χ0n) is 6.36. The molecular formula is C8H11F3. The Morgan fingerprint density at radius 2 is 1.55 bits per heavy atom. The fourth-order valence-electron chi connectivity index (χ4n) is 2.90. The van der Waals surface area contributed by atoms with Crippen LogP contribution < -0.4 is 0 Å². The molecule has 3 rings (SSSR count). The van der Waals surface area contributed by atoms with Crippen LogP contribution in [-0.2, 0) is 0 Å². The molecule has 4 atom stereocenters. The second kappa shape index (κ2) is 1.93. The van der Waals surface area contributed by atoms with Gasteiger partial charge in [-0.3, -0.25) is 0 Å². The minimum atomic E-state index is -3.92. The van der Waals surface area contributed by atoms with Gasteiger partial charge in [-0.25, -0.2) is 0 Å². The monoisotopic (exact) mass is 164 g/mol. The number of fused-ring (bicyclic) bond motifs is 1. The van der Waals surface area contributed by atoms with Crippen LogP contribution in [0.25, 0.3) is 0 Å². The third kappa shape index (κ3) is 0.828. The molecule has 0 aromatic carbocycles. The predicted octanol–water partition coefficient (Wildman–Crippen LogP) is 2.84. The summed E-state index contributed by atoms with van der Waals surface area (Å²) in [5, 5.41) is 0. The highest BCUT2D eigenvalue weighted by atomic mass is 19.4. The van der Waals surface area contributed by atoms with Gasteiger partial charge in [-0.2, -0.15) is 13.2 Å². The first kappa shape index (κ1) is 7.44. The van der Waals surface area contributed by atoms with Crippen LogP contribution in [0.3, 0.4) is 0 Å². The predicted molar refractivity (Wildman–Crippen MR) is 34.9 cm³/mol. The lowest BCUT2D eigenvalue weighted by atomic mass is 9.64. The van der Waals surface area contributed by atoms with Crippen LogP contribution in [0, 0.1) is 23.7 Å². The summed E-state index contributed by atoms with van der Waals surface area (Å²) < 4.78 is 36.6. The van der Waals surface area contributed by atoms with E-state index < -0.39 is 12.1 Å². The summed E-state index contributed by atoms with van der Waals surface area (Å²) in [4.78, 5) is 0. The Morgan fingerprint density at radius 1 is 1.09 bits per heavy atom. The highest BCUT2D eigenvalue weighted by molar-refractivity contribution is 5.03. The molecule has 0 N–H and O–H groups in total. The van der Waals surface area contributed by atoms with E-state index in [2.05, 4.69) is 0 Å². The van der Waals surface area contributed by atoms with Gasteiger partial charge in [0.15, 0.2) is 0 Å². The van der Waals surface area contributed by atoms with Crippen molar-refractivity contribution in [2.45, 2.75) is 25.9 Å². The zero-order valence-corrected chi connectivity index (χ0v) is 6.36. The van der Waals surface area contributed by atoms with Crippen LogP contribution in [0.1, 0.15) is 19.8 Å². The molecule has 2 bridgehead atoms. The van der Waals surface area contributed by atoms with Gasteiger partial charge in [0.25, 0.3) is 0 Å². The molecule has 0 radical (unpaired) electrons. The van der Waals surface area contributed by atoms with Gasteiger partial charge in [0.2, 0.25) is 0 Å². The summed E-state index contributed by atoms with van der Waals surface area (Å²) in [7, 11) is 0. The standard InChI is InChI=1S/C8H11F3/c1-4-5-2-3-6(4)7(5)8(9,10)11/h4-7H,2-3H2,1H3/t4?,5-,6+,7?. The Hall–Kier alpha value is -0.210. The van der Waals surface area contributed by atoms with Crippen molar-refractivity contribution in [3.05, 3.63) is 0 Å². The van der Waals surface area contributed by atoms with Crippen molar-refractivity contribution in [1.82, 2.24) is 0 Å². The number of rotatable bonds is 0. The summed E-state index contributed by atoms with van der Waals surface area (Å²) in [6, 6.07) is 0. The lowest BCUT2D eigenvalue weighted by molar-refractivity contribution is -0.234. The van der Waals surface area contributed by atoms with Crippen LogP contribution in [0.5, 0.6) is 0 Å². The fourth-order valence-corrected chi connectivity index (χ4v) is 2.90. The molecule has 3 aliphatic carbocycles. The minimum Gasteiger partial charge on any atom is -0.171 e. The van der Waals surface area contributed by atoms with Crippen molar-refractivity contribution in [3.63, 3.8) is 0 Å². The number of halogens is 3. The van der Waals surface area contributed by atoms with Crippen molar-refractivity contribution in [2.75, 3.05) is 0 Å². The van der Waals surface area contributed by atoms with E-state index in [1.54, 1.807) is 0 Å². The normalized spacial score (nSPS) is 49.1. The van der Waals surface area contributed by atoms with Crippen molar-refractivity contribution < 1.29 is 13.2 Å². The van der Waals surface area contributed by atoms with Crippen molar-refractivity contribution in [3.8, 4) is 0 Å². The van der Waals surface area contributed by atoms with Crippen LogP contribution in [0.15, 0.2) is 0 Å². The molecule has 3 fully saturated rings. The zero-order chi connectivity index (χ0) is 8.22. The molecule has 0 heterocycles. The van der Waals surface area contributed by atoms with Crippen molar-refractivity contribution in [1.29, 1.82) is 0 Å². The number of hydrogen-bond donors (Lipinski definition) is 0. The third-order valence-corrected chi connectivity index (χ3v) is 3.48. The summed E-state index contributed by atoms with van der Waals surface area (Å²) in [5.41, 5.74) is 0. The van der Waals surface area contributed by atoms with Gasteiger partial charge in [0, 0.05) is 0 Å². The lowest BCUT2D eigenvalue weighted by Crippen LogP contribution is -2.46. The molecule has 0 nitrogen and oxygen atoms in total. The maximum atomic E-state index is 12.2. The summed E-state index contributed by atoms with van der Waals surface area (Å²) in [5.74, 6) is -0.695. The van der Waals surface area contributed by atoms with Gasteiger partial charge >= 0.3 is 6.18 Å². The number of hydrogen-bond acceptors (Lipinski definition) is 0. The van der Waals surface area contributed by atoms with Crippen molar-refractivity contribution >= 4 is 0 Å². The summed E-state index contributed by atoms with van der Waals surface area (Å²) in [6.07, 6.45) is -2.32. The molecule has 3 saturated carbocycles. The summed E-state index contributed by atoms with van der Waals surface area (Å²) >= 11 is 0. The topological polar surface area (TPSA) is 0 Å². The Balaban J connectivity index is 2.12. The average Bonchev–Trinajstić information content (AvgIpc) is 2.38. The number of alkyl halides is 3. The Kier molecular flexibility index (Phi) is 1.31. The molecule has 0 aromatic heterocycles. The molecule has 11 heavy (non-hydrogen) atoms. The molecule has 0 spiro atoms. The second-order valence-electron chi connectivity index (χ2n) is 3.83. The molecule has 0 saturated heterocycles. The van der Waals surface area contributed by atoms with E-state index in [1.807, 2.05) is 6.92 Å². The second-order valence-corrected chi connectivity index (χ2v) is 3.83. The Bertz CT molecular complexity index is 161. The van der Waals surface area contributed by atoms with E-state index in [9.17, 15) is 13.2 Å². The SMILES string of the molecule is CC1[C@H]2CC[C@@H]1C2C(F)(F)F. The molecule has 3 heteroatoms. The van der Waals surface area contributed by atoms with E-state index in [-0.39, 0.29) is 11.8 Å². The van der Waals surface area contributed by atoms with Crippen LogP contribution in [0.4, 0.5) is 13.2 Å². The Labute approximate surface area is 63.8 Å². The first-order chi connectivity index (χ1) is 5.02. The largest absolute Gasteiger partial charge is 0.392 e. The lowest BCUT2D eigenvalue weighted by Gasteiger charge is -2.43. The maximum absolute atomic E-state index is 12.2. The van der Waals surface area contributed by atoms with Gasteiger partial charge in [0.05, 0.1) is 5.92 Å². The molecule has 2 unspecified atom stereocenters. The van der Waals surface area contributed by atoms with E-state index in [0.717, 1.165) is 12.8 Å². The Morgan fingerprint density at radius 3 is 1.73 bits per heavy atom. The molecule has 0 aromatic rings. The van der Waals surface area contributed by atoms with E-state index >= 15 is 0 Å². The summed E-state index contributed by atoms with van der Waals surface area (Å²) in [6.45, 7) is 1.95. The minimum absolute atomic E-state index is 0.0417. The molecule has 3 aliphatic rings. The molecular weight excluding hydrogens is 153 g/mol. The van der Waals surface area contributed by atoms with Gasteiger partial charge in [-0.15, -0.1) is 0 Å². The van der Waals surface area contributed by atoms with Gasteiger partial charge in [0.1, 0.15) is 0 Å². The highest BCUT2D eigenvalue weighted by Crippen LogP contribution is 2.62. The molecule has 0 amide bonds. The smallest absolute Gasteiger partial charge is 0.171 e. The van der Waals surface area contributed by atoms with Crippen LogP contribution in [-0.4, -0.2) is 6.18 Å². The quantitative estimate of drug-likeness (QED) is 0.516. The van der Waals surface area contributed by atoms with Crippen molar-refractivity contribution in [2.24, 2.45) is 23.7 Å². The van der Waals surface area contributed by atoms with Gasteiger partial charge in [-0.05, 0) is 30.6 Å². The average molecular weight is 164 g/mol. The van der Waals surface area contributed by atoms with Crippen LogP contribution >= 0.6 is 0 Å². The maximum Gasteiger partial charge on any atom is 0.392 e. The molecule has 64 valence electrons. The van der Waals surface area contributed by atoms with E-state index in [4.69, 9.17) is 0 Å². The highest BCUT2D eigenvalue weighted by Gasteiger charge is 2.63. The van der Waals surface area contributed by atoms with Crippen LogP contribution in [0.2, 0.25) is 0 Å². The van der Waals surface area contributed by atoms with Gasteiger partial charge < -0.3 is 0 Å².